The van der Waals surface area contributed by atoms with Gasteiger partial charge in [-0.25, -0.2) is 12.8 Å². The minimum atomic E-state index is -3.53. The molecular weight excluding hydrogens is 269 g/mol. The van der Waals surface area contributed by atoms with Gasteiger partial charge < -0.3 is 5.11 Å². The van der Waals surface area contributed by atoms with Crippen LogP contribution in [0.3, 0.4) is 0 Å². The summed E-state index contributed by atoms with van der Waals surface area (Å²) in [5.74, 6) is -0.729. The highest BCUT2D eigenvalue weighted by molar-refractivity contribution is 7.92. The monoisotopic (exact) mass is 281 g/mol. The molecule has 0 saturated carbocycles. The van der Waals surface area contributed by atoms with Crippen molar-refractivity contribution in [3.05, 3.63) is 29.0 Å². The predicted octanol–water partition coefficient (Wildman–Crippen LogP) is 1.99. The Morgan fingerprint density at radius 1 is 1.29 bits per heavy atom. The van der Waals surface area contributed by atoms with Gasteiger partial charge in [0.1, 0.15) is 5.82 Å². The van der Waals surface area contributed by atoms with Gasteiger partial charge in [-0.15, -0.1) is 0 Å². The maximum Gasteiger partial charge on any atom is 0.232 e. The molecule has 0 aliphatic rings. The zero-order valence-corrected chi connectivity index (χ0v) is 10.6. The summed E-state index contributed by atoms with van der Waals surface area (Å²) in [6.07, 6.45) is 0.750. The lowest BCUT2D eigenvalue weighted by molar-refractivity contribution is 0.287. The molecule has 4 nitrogen and oxygen atoms in total. The zero-order chi connectivity index (χ0) is 12.9. The summed E-state index contributed by atoms with van der Waals surface area (Å²) in [6, 6.07) is 3.47. The van der Waals surface area contributed by atoms with E-state index >= 15 is 0 Å². The quantitative estimate of drug-likeness (QED) is 0.784. The van der Waals surface area contributed by atoms with Crippen LogP contribution >= 0.6 is 11.6 Å². The van der Waals surface area contributed by atoms with Crippen molar-refractivity contribution in [2.75, 3.05) is 17.1 Å². The topological polar surface area (TPSA) is 66.4 Å². The Hall–Kier alpha value is -0.850. The summed E-state index contributed by atoms with van der Waals surface area (Å²) in [6.45, 7) is -0.0543. The van der Waals surface area contributed by atoms with Crippen molar-refractivity contribution in [3.63, 3.8) is 0 Å². The second kappa shape index (κ2) is 6.18. The largest absolute Gasteiger partial charge is 0.396 e. The molecule has 0 atom stereocenters. The number of hydrogen-bond donors (Lipinski definition) is 2. The van der Waals surface area contributed by atoms with Gasteiger partial charge in [0.2, 0.25) is 10.0 Å². The molecule has 1 aromatic rings. The van der Waals surface area contributed by atoms with Crippen molar-refractivity contribution >= 4 is 27.3 Å². The van der Waals surface area contributed by atoms with Crippen LogP contribution in [0, 0.1) is 5.82 Å². The summed E-state index contributed by atoms with van der Waals surface area (Å²) < 4.78 is 38.3. The minimum absolute atomic E-state index is 0.0543. The van der Waals surface area contributed by atoms with E-state index in [1.165, 1.54) is 6.07 Å². The third-order valence-corrected chi connectivity index (χ3v) is 3.55. The fourth-order valence-corrected chi connectivity index (χ4v) is 2.63. The molecule has 0 aliphatic heterocycles. The van der Waals surface area contributed by atoms with Crippen molar-refractivity contribution in [2.45, 2.75) is 12.8 Å². The number of unbranched alkanes of at least 4 members (excludes halogenated alkanes) is 1. The third-order valence-electron chi connectivity index (χ3n) is 1.96. The lowest BCUT2D eigenvalue weighted by Crippen LogP contribution is -2.17. The van der Waals surface area contributed by atoms with Gasteiger partial charge in [-0.05, 0) is 31.0 Å². The van der Waals surface area contributed by atoms with Crippen molar-refractivity contribution in [3.8, 4) is 0 Å². The van der Waals surface area contributed by atoms with Gasteiger partial charge in [0, 0.05) is 11.6 Å². The highest BCUT2D eigenvalue weighted by Gasteiger charge is 2.11. The second-order valence-corrected chi connectivity index (χ2v) is 5.79. The number of nitrogens with one attached hydrogen (secondary N) is 1. The molecule has 0 fully saturated rings. The molecule has 0 saturated heterocycles. The summed E-state index contributed by atoms with van der Waals surface area (Å²) in [7, 11) is -3.53. The van der Waals surface area contributed by atoms with Crippen LogP contribution in [0.15, 0.2) is 18.2 Å². The van der Waals surface area contributed by atoms with Crippen LogP contribution in [0.4, 0.5) is 10.1 Å². The summed E-state index contributed by atoms with van der Waals surface area (Å²) >= 11 is 5.60. The molecule has 2 N–H and O–H groups in total. The van der Waals surface area contributed by atoms with Crippen LogP contribution in [0.25, 0.3) is 0 Å². The van der Waals surface area contributed by atoms with Gasteiger partial charge in [-0.2, -0.15) is 0 Å². The number of halogens is 2. The predicted molar refractivity (Wildman–Crippen MR) is 65.1 cm³/mol. The van der Waals surface area contributed by atoms with E-state index in [0.29, 0.717) is 12.8 Å². The van der Waals surface area contributed by atoms with Gasteiger partial charge in [0.25, 0.3) is 0 Å². The number of aliphatic hydroxyl groups is 1. The first-order valence-corrected chi connectivity index (χ1v) is 7.03. The fraction of sp³-hybridized carbons (Fsp3) is 0.400. The second-order valence-electron chi connectivity index (χ2n) is 3.51. The van der Waals surface area contributed by atoms with Crippen LogP contribution < -0.4 is 4.72 Å². The van der Waals surface area contributed by atoms with Crippen LogP contribution in [0.5, 0.6) is 0 Å². The molecule has 0 radical (unpaired) electrons. The molecule has 1 rings (SSSR count). The van der Waals surface area contributed by atoms with E-state index in [4.69, 9.17) is 16.7 Å². The summed E-state index contributed by atoms with van der Waals surface area (Å²) in [4.78, 5) is 0. The van der Waals surface area contributed by atoms with Gasteiger partial charge >= 0.3 is 0 Å². The number of benzene rings is 1. The lowest BCUT2D eigenvalue weighted by Gasteiger charge is -2.08. The van der Waals surface area contributed by atoms with Crippen molar-refractivity contribution < 1.29 is 17.9 Å². The average Bonchev–Trinajstić information content (AvgIpc) is 2.14. The van der Waals surface area contributed by atoms with Gasteiger partial charge in [0.15, 0.2) is 0 Å². The molecule has 7 heteroatoms. The van der Waals surface area contributed by atoms with Crippen LogP contribution in [0.1, 0.15) is 12.8 Å². The van der Waals surface area contributed by atoms with Gasteiger partial charge in [-0.3, -0.25) is 4.72 Å². The Morgan fingerprint density at radius 2 is 2.00 bits per heavy atom. The smallest absolute Gasteiger partial charge is 0.232 e. The number of sulfonamides is 1. The Morgan fingerprint density at radius 3 is 2.59 bits per heavy atom. The lowest BCUT2D eigenvalue weighted by atomic mass is 10.3. The zero-order valence-electron chi connectivity index (χ0n) is 8.99. The van der Waals surface area contributed by atoms with Crippen LogP contribution in [0.2, 0.25) is 5.02 Å². The third kappa shape index (κ3) is 5.34. The Bertz CT molecular complexity index is 458. The maximum absolute atomic E-state index is 13.0. The average molecular weight is 282 g/mol. The highest BCUT2D eigenvalue weighted by atomic mass is 35.5. The molecule has 0 unspecified atom stereocenters. The number of anilines is 1. The molecule has 0 aliphatic carbocycles. The highest BCUT2D eigenvalue weighted by Crippen LogP contribution is 2.19. The van der Waals surface area contributed by atoms with Gasteiger partial charge in [-0.1, -0.05) is 11.6 Å². The molecule has 0 bridgehead atoms. The Labute approximate surface area is 104 Å². The Kier molecular flexibility index (Phi) is 5.17. The van der Waals surface area contributed by atoms with Crippen LogP contribution in [-0.2, 0) is 10.0 Å². The van der Waals surface area contributed by atoms with Crippen molar-refractivity contribution in [1.29, 1.82) is 0 Å². The summed E-state index contributed by atoms with van der Waals surface area (Å²) in [5, 5.41) is 8.67. The van der Waals surface area contributed by atoms with Crippen molar-refractivity contribution in [2.24, 2.45) is 0 Å². The van der Waals surface area contributed by atoms with E-state index in [0.717, 1.165) is 12.1 Å². The van der Waals surface area contributed by atoms with Crippen LogP contribution in [-0.4, -0.2) is 25.9 Å². The maximum atomic E-state index is 13.0. The standard InChI is InChI=1S/C10H13ClFNO3S/c11-8-5-9(12)7-10(6-8)13-17(15,16)4-2-1-3-14/h5-7,13-14H,1-4H2. The molecule has 96 valence electrons. The number of aliphatic hydroxyl groups excluding tert-OH is 1. The summed E-state index contributed by atoms with van der Waals surface area (Å²) in [5.41, 5.74) is 0.0963. The number of rotatable bonds is 6. The van der Waals surface area contributed by atoms with E-state index in [9.17, 15) is 12.8 Å². The van der Waals surface area contributed by atoms with E-state index in [-0.39, 0.29) is 23.1 Å². The normalized spacial score (nSPS) is 11.5. The van der Waals surface area contributed by atoms with E-state index < -0.39 is 15.8 Å². The van der Waals surface area contributed by atoms with Crippen molar-refractivity contribution in [1.82, 2.24) is 0 Å². The van der Waals surface area contributed by atoms with Gasteiger partial charge in [0.05, 0.1) is 11.4 Å². The molecule has 0 heterocycles. The first-order valence-electron chi connectivity index (χ1n) is 5.00. The first-order chi connectivity index (χ1) is 7.93. The molecule has 17 heavy (non-hydrogen) atoms. The fourth-order valence-electron chi connectivity index (χ4n) is 1.25. The minimum Gasteiger partial charge on any atom is -0.396 e. The molecule has 1 aromatic carbocycles. The molecule has 0 aromatic heterocycles. The SMILES string of the molecule is O=S(=O)(CCCCO)Nc1cc(F)cc(Cl)c1. The molecule has 0 amide bonds. The van der Waals surface area contributed by atoms with E-state index in [2.05, 4.69) is 4.72 Å². The molecular formula is C10H13ClFNO3S. The number of hydrogen-bond acceptors (Lipinski definition) is 3. The van der Waals surface area contributed by atoms with E-state index in [1.54, 1.807) is 0 Å². The first kappa shape index (κ1) is 14.2. The Balaban J connectivity index is 2.69. The molecule has 0 spiro atoms. The van der Waals surface area contributed by atoms with E-state index in [1.807, 2.05) is 0 Å².